The molecule has 0 aromatic heterocycles. The van der Waals surface area contributed by atoms with E-state index < -0.39 is 0 Å². The molecule has 3 heteroatoms. The molecule has 20 heavy (non-hydrogen) atoms. The highest BCUT2D eigenvalue weighted by molar-refractivity contribution is 5.33. The van der Waals surface area contributed by atoms with Gasteiger partial charge < -0.3 is 5.32 Å². The fourth-order valence-corrected chi connectivity index (χ4v) is 2.10. The van der Waals surface area contributed by atoms with Gasteiger partial charge in [0.25, 0.3) is 0 Å². The van der Waals surface area contributed by atoms with E-state index in [0.717, 1.165) is 6.42 Å². The van der Waals surface area contributed by atoms with E-state index >= 15 is 0 Å². The van der Waals surface area contributed by atoms with Crippen molar-refractivity contribution in [3.63, 3.8) is 0 Å². The van der Waals surface area contributed by atoms with Crippen molar-refractivity contribution in [2.45, 2.75) is 25.9 Å². The van der Waals surface area contributed by atoms with Crippen molar-refractivity contribution in [2.24, 2.45) is 0 Å². The van der Waals surface area contributed by atoms with Crippen LogP contribution in [0.1, 0.15) is 23.6 Å². The van der Waals surface area contributed by atoms with Gasteiger partial charge in [0.1, 0.15) is 5.82 Å². The van der Waals surface area contributed by atoms with Gasteiger partial charge in [-0.1, -0.05) is 30.3 Å². The monoisotopic (exact) mass is 268 g/mol. The number of halogens is 1. The van der Waals surface area contributed by atoms with Crippen molar-refractivity contribution in [1.82, 2.24) is 5.32 Å². The molecule has 0 aliphatic heterocycles. The highest BCUT2D eigenvalue weighted by Crippen LogP contribution is 2.11. The predicted molar refractivity (Wildman–Crippen MR) is 77.6 cm³/mol. The lowest BCUT2D eigenvalue weighted by molar-refractivity contribution is 0.525. The van der Waals surface area contributed by atoms with Crippen LogP contribution in [0.4, 0.5) is 4.39 Å². The van der Waals surface area contributed by atoms with E-state index in [9.17, 15) is 4.39 Å². The normalized spacial score (nSPS) is 11.8. The minimum absolute atomic E-state index is 0.238. The van der Waals surface area contributed by atoms with Crippen LogP contribution in [0, 0.1) is 17.1 Å². The van der Waals surface area contributed by atoms with Crippen LogP contribution in [0.2, 0.25) is 0 Å². The summed E-state index contributed by atoms with van der Waals surface area (Å²) >= 11 is 0. The zero-order valence-electron chi connectivity index (χ0n) is 11.4. The third-order valence-corrected chi connectivity index (χ3v) is 3.20. The summed E-state index contributed by atoms with van der Waals surface area (Å²) in [5, 5.41) is 12.1. The maximum atomic E-state index is 13.6. The Morgan fingerprint density at radius 2 is 1.95 bits per heavy atom. The van der Waals surface area contributed by atoms with Crippen LogP contribution >= 0.6 is 0 Å². The van der Waals surface area contributed by atoms with Crippen molar-refractivity contribution < 1.29 is 4.39 Å². The van der Waals surface area contributed by atoms with Crippen LogP contribution in [0.25, 0.3) is 0 Å². The van der Waals surface area contributed by atoms with Gasteiger partial charge in [-0.25, -0.2) is 4.39 Å². The first-order valence-corrected chi connectivity index (χ1v) is 6.65. The molecule has 1 atom stereocenters. The number of nitriles is 1. The summed E-state index contributed by atoms with van der Waals surface area (Å²) < 4.78 is 13.6. The van der Waals surface area contributed by atoms with Crippen molar-refractivity contribution >= 4 is 0 Å². The minimum Gasteiger partial charge on any atom is -0.310 e. The molecule has 1 N–H and O–H groups in total. The van der Waals surface area contributed by atoms with E-state index in [1.807, 2.05) is 24.3 Å². The van der Waals surface area contributed by atoms with Gasteiger partial charge in [-0.2, -0.15) is 5.26 Å². The van der Waals surface area contributed by atoms with E-state index in [4.69, 9.17) is 5.26 Å². The molecule has 1 unspecified atom stereocenters. The van der Waals surface area contributed by atoms with Crippen LogP contribution < -0.4 is 5.32 Å². The Morgan fingerprint density at radius 3 is 2.65 bits per heavy atom. The molecular formula is C17H17FN2. The average Bonchev–Trinajstić information content (AvgIpc) is 2.47. The fourth-order valence-electron chi connectivity index (χ4n) is 2.10. The van der Waals surface area contributed by atoms with E-state index in [0.29, 0.717) is 17.7 Å². The second-order valence-corrected chi connectivity index (χ2v) is 4.89. The van der Waals surface area contributed by atoms with Gasteiger partial charge >= 0.3 is 0 Å². The summed E-state index contributed by atoms with van der Waals surface area (Å²) in [6, 6.07) is 16.9. The van der Waals surface area contributed by atoms with Gasteiger partial charge in [0.05, 0.1) is 11.6 Å². The molecule has 2 nitrogen and oxygen atoms in total. The summed E-state index contributed by atoms with van der Waals surface area (Å²) in [6.45, 7) is 2.49. The lowest BCUT2D eigenvalue weighted by atomic mass is 10.1. The lowest BCUT2D eigenvalue weighted by Crippen LogP contribution is -2.28. The number of rotatable bonds is 5. The topological polar surface area (TPSA) is 35.8 Å². The molecule has 0 radical (unpaired) electrons. The smallest absolute Gasteiger partial charge is 0.127 e. The Hall–Kier alpha value is -2.18. The Morgan fingerprint density at radius 1 is 1.20 bits per heavy atom. The molecule has 0 bridgehead atoms. The molecule has 0 saturated carbocycles. The van der Waals surface area contributed by atoms with Crippen LogP contribution in [0.5, 0.6) is 0 Å². The number of nitrogens with zero attached hydrogens (tertiary/aromatic N) is 1. The van der Waals surface area contributed by atoms with Gasteiger partial charge in [0, 0.05) is 18.2 Å². The minimum atomic E-state index is -0.275. The van der Waals surface area contributed by atoms with Crippen LogP contribution in [0.3, 0.4) is 0 Å². The number of nitrogens with one attached hydrogen (secondary N) is 1. The van der Waals surface area contributed by atoms with Gasteiger partial charge in [-0.15, -0.1) is 0 Å². The maximum absolute atomic E-state index is 13.6. The second-order valence-electron chi connectivity index (χ2n) is 4.89. The molecule has 0 saturated heterocycles. The summed E-state index contributed by atoms with van der Waals surface area (Å²) in [5.74, 6) is -0.275. The first-order chi connectivity index (χ1) is 9.69. The molecule has 0 amide bonds. The third-order valence-electron chi connectivity index (χ3n) is 3.20. The van der Waals surface area contributed by atoms with E-state index in [1.165, 1.54) is 17.7 Å². The van der Waals surface area contributed by atoms with Gasteiger partial charge in [-0.3, -0.25) is 0 Å². The maximum Gasteiger partial charge on any atom is 0.127 e. The number of hydrogen-bond donors (Lipinski definition) is 1. The molecule has 0 fully saturated rings. The third kappa shape index (κ3) is 3.91. The van der Waals surface area contributed by atoms with E-state index in [1.54, 1.807) is 6.07 Å². The molecule has 0 spiro atoms. The summed E-state index contributed by atoms with van der Waals surface area (Å²) in [6.07, 6.45) is 0.889. The zero-order valence-corrected chi connectivity index (χ0v) is 11.4. The first kappa shape index (κ1) is 14.2. The van der Waals surface area contributed by atoms with Crippen molar-refractivity contribution in [1.29, 1.82) is 5.26 Å². The van der Waals surface area contributed by atoms with Gasteiger partial charge in [0.15, 0.2) is 0 Å². The first-order valence-electron chi connectivity index (χ1n) is 6.65. The second kappa shape index (κ2) is 6.83. The highest BCUT2D eigenvalue weighted by atomic mass is 19.1. The molecule has 0 aliphatic rings. The van der Waals surface area contributed by atoms with Crippen molar-refractivity contribution in [3.8, 4) is 6.07 Å². The largest absolute Gasteiger partial charge is 0.310 e. The molecule has 0 heterocycles. The van der Waals surface area contributed by atoms with Crippen LogP contribution in [0.15, 0.2) is 48.5 Å². The predicted octanol–water partition coefficient (Wildman–Crippen LogP) is 3.42. The molecule has 2 aromatic carbocycles. The van der Waals surface area contributed by atoms with Crippen LogP contribution in [-0.4, -0.2) is 6.04 Å². The SMILES string of the molecule is CC(Cc1ccccc1)NCc1cc(C#N)ccc1F. The Labute approximate surface area is 118 Å². The molecular weight excluding hydrogens is 251 g/mol. The summed E-state index contributed by atoms with van der Waals surface area (Å²) in [7, 11) is 0. The standard InChI is InChI=1S/C17H17FN2/c1-13(9-14-5-3-2-4-6-14)20-12-16-10-15(11-19)7-8-17(16)18/h2-8,10,13,20H,9,12H2,1H3. The Bertz CT molecular complexity index is 602. The average molecular weight is 268 g/mol. The van der Waals surface area contributed by atoms with E-state index in [2.05, 4.69) is 24.4 Å². The number of benzene rings is 2. The van der Waals surface area contributed by atoms with Crippen molar-refractivity contribution in [2.75, 3.05) is 0 Å². The summed E-state index contributed by atoms with van der Waals surface area (Å²) in [5.41, 5.74) is 2.27. The van der Waals surface area contributed by atoms with Crippen molar-refractivity contribution in [3.05, 3.63) is 71.0 Å². The molecule has 2 aromatic rings. The quantitative estimate of drug-likeness (QED) is 0.902. The van der Waals surface area contributed by atoms with Gasteiger partial charge in [0.2, 0.25) is 0 Å². The molecule has 102 valence electrons. The lowest BCUT2D eigenvalue weighted by Gasteiger charge is -2.14. The van der Waals surface area contributed by atoms with E-state index in [-0.39, 0.29) is 11.9 Å². The zero-order chi connectivity index (χ0) is 14.4. The van der Waals surface area contributed by atoms with Gasteiger partial charge in [-0.05, 0) is 37.1 Å². The molecule has 2 rings (SSSR count). The molecule has 0 aliphatic carbocycles. The van der Waals surface area contributed by atoms with Crippen LogP contribution in [-0.2, 0) is 13.0 Å². The number of hydrogen-bond acceptors (Lipinski definition) is 2. The Kier molecular flexibility index (Phi) is 4.86. The fraction of sp³-hybridized carbons (Fsp3) is 0.235. The Balaban J connectivity index is 1.93. The summed E-state index contributed by atoms with van der Waals surface area (Å²) in [4.78, 5) is 0. The highest BCUT2D eigenvalue weighted by Gasteiger charge is 2.07.